The first-order chi connectivity index (χ1) is 12.9. The average Bonchev–Trinajstić information content (AvgIpc) is 2.99. The van der Waals surface area contributed by atoms with Crippen LogP contribution in [0.3, 0.4) is 0 Å². The Morgan fingerprint density at radius 3 is 2.52 bits per heavy atom. The molecule has 0 radical (unpaired) electrons. The summed E-state index contributed by atoms with van der Waals surface area (Å²) < 4.78 is 10.8. The number of para-hydroxylation sites is 1. The number of nitrogens with one attached hydrogen (secondary N) is 1. The molecular weight excluding hydrogens is 346 g/mol. The third-order valence-corrected chi connectivity index (χ3v) is 4.22. The van der Waals surface area contributed by atoms with Gasteiger partial charge in [-0.25, -0.2) is 4.79 Å². The van der Waals surface area contributed by atoms with Crippen molar-refractivity contribution in [2.45, 2.75) is 26.9 Å². The predicted molar refractivity (Wildman–Crippen MR) is 101 cm³/mol. The molecule has 0 saturated carbocycles. The van der Waals surface area contributed by atoms with Crippen LogP contribution in [-0.4, -0.2) is 23.8 Å². The predicted octanol–water partition coefficient (Wildman–Crippen LogP) is 4.13. The minimum Gasteiger partial charge on any atom is -0.449 e. The average molecular weight is 365 g/mol. The molecule has 0 aliphatic carbocycles. The maximum absolute atomic E-state index is 12.4. The Hall–Kier alpha value is -3.41. The number of hydrogen-bond donors (Lipinski definition) is 1. The smallest absolute Gasteiger partial charge is 0.375 e. The summed E-state index contributed by atoms with van der Waals surface area (Å²) >= 11 is 0. The molecule has 2 aromatic carbocycles. The third-order valence-electron chi connectivity index (χ3n) is 4.22. The summed E-state index contributed by atoms with van der Waals surface area (Å²) in [6, 6.07) is 13.8. The Morgan fingerprint density at radius 1 is 1.07 bits per heavy atom. The van der Waals surface area contributed by atoms with Gasteiger partial charge in [-0.15, -0.1) is 0 Å². The number of esters is 1. The van der Waals surface area contributed by atoms with E-state index in [1.165, 1.54) is 13.8 Å². The summed E-state index contributed by atoms with van der Waals surface area (Å²) in [6.45, 7) is 4.68. The number of fused-ring (bicyclic) bond motifs is 1. The van der Waals surface area contributed by atoms with E-state index >= 15 is 0 Å². The second-order valence-electron chi connectivity index (χ2n) is 6.23. The lowest BCUT2D eigenvalue weighted by Gasteiger charge is -2.13. The molecule has 138 valence electrons. The fraction of sp³-hybridized carbons (Fsp3) is 0.190. The summed E-state index contributed by atoms with van der Waals surface area (Å²) in [4.78, 5) is 36.2. The van der Waals surface area contributed by atoms with E-state index in [9.17, 15) is 14.4 Å². The molecular formula is C21H19NO5. The highest BCUT2D eigenvalue weighted by atomic mass is 16.6. The van der Waals surface area contributed by atoms with E-state index in [1.54, 1.807) is 37.3 Å². The van der Waals surface area contributed by atoms with E-state index in [0.717, 1.165) is 5.39 Å². The Morgan fingerprint density at radius 2 is 1.81 bits per heavy atom. The number of anilines is 1. The first kappa shape index (κ1) is 18.4. The van der Waals surface area contributed by atoms with E-state index < -0.39 is 18.0 Å². The third kappa shape index (κ3) is 3.89. The highest BCUT2D eigenvalue weighted by Crippen LogP contribution is 2.25. The minimum atomic E-state index is -1.04. The van der Waals surface area contributed by atoms with Gasteiger partial charge in [0.15, 0.2) is 11.9 Å². The lowest BCUT2D eigenvalue weighted by Crippen LogP contribution is -2.30. The fourth-order valence-corrected chi connectivity index (χ4v) is 2.70. The normalized spacial score (nSPS) is 11.8. The largest absolute Gasteiger partial charge is 0.449 e. The van der Waals surface area contributed by atoms with Gasteiger partial charge < -0.3 is 14.5 Å². The number of ether oxygens (including phenoxy) is 1. The number of rotatable bonds is 5. The van der Waals surface area contributed by atoms with E-state index in [0.29, 0.717) is 22.4 Å². The Balaban J connectivity index is 1.70. The number of benzene rings is 2. The van der Waals surface area contributed by atoms with Crippen molar-refractivity contribution >= 4 is 34.3 Å². The maximum Gasteiger partial charge on any atom is 0.375 e. The summed E-state index contributed by atoms with van der Waals surface area (Å²) in [7, 11) is 0. The van der Waals surface area contributed by atoms with Crippen LogP contribution in [-0.2, 0) is 9.53 Å². The number of Topliss-reactive ketones (excluding diaryl/α,β-unsaturated/α-hetero) is 1. The van der Waals surface area contributed by atoms with Crippen LogP contribution in [0.4, 0.5) is 5.69 Å². The second-order valence-corrected chi connectivity index (χ2v) is 6.23. The van der Waals surface area contributed by atoms with Crippen LogP contribution in [0.2, 0.25) is 0 Å². The topological polar surface area (TPSA) is 85.6 Å². The lowest BCUT2D eigenvalue weighted by molar-refractivity contribution is -0.123. The number of aryl methyl sites for hydroxylation is 1. The van der Waals surface area contributed by atoms with Gasteiger partial charge >= 0.3 is 5.97 Å². The molecule has 1 heterocycles. The molecule has 1 aromatic heterocycles. The molecule has 1 N–H and O–H groups in total. The molecule has 0 spiro atoms. The zero-order valence-corrected chi connectivity index (χ0v) is 15.2. The number of carbonyl (C=O) groups excluding carboxylic acids is 3. The van der Waals surface area contributed by atoms with Crippen molar-refractivity contribution in [3.63, 3.8) is 0 Å². The lowest BCUT2D eigenvalue weighted by atomic mass is 10.1. The highest BCUT2D eigenvalue weighted by molar-refractivity contribution is 6.00. The number of amides is 1. The summed E-state index contributed by atoms with van der Waals surface area (Å²) in [5.74, 6) is -1.23. The van der Waals surface area contributed by atoms with Gasteiger partial charge in [-0.1, -0.05) is 30.3 Å². The molecule has 0 bridgehead atoms. The van der Waals surface area contributed by atoms with Gasteiger partial charge in [0, 0.05) is 22.2 Å². The zero-order chi connectivity index (χ0) is 19.6. The van der Waals surface area contributed by atoms with Crippen LogP contribution in [0.1, 0.15) is 40.3 Å². The Bertz CT molecular complexity index is 1030. The molecule has 3 rings (SSSR count). The van der Waals surface area contributed by atoms with Gasteiger partial charge in [0.2, 0.25) is 5.76 Å². The van der Waals surface area contributed by atoms with Gasteiger partial charge in [0.1, 0.15) is 5.58 Å². The SMILES string of the molecule is CC(=O)c1cccc(NC(=O)[C@@H](C)OC(=O)c2oc3ccccc3c2C)c1. The van der Waals surface area contributed by atoms with Crippen LogP contribution in [0, 0.1) is 6.92 Å². The van der Waals surface area contributed by atoms with Crippen LogP contribution in [0.15, 0.2) is 52.9 Å². The molecule has 0 saturated heterocycles. The van der Waals surface area contributed by atoms with E-state index in [-0.39, 0.29) is 11.5 Å². The van der Waals surface area contributed by atoms with E-state index in [1.807, 2.05) is 18.2 Å². The standard InChI is InChI=1S/C21H19NO5/c1-12-17-9-4-5-10-18(17)27-19(12)21(25)26-14(3)20(24)22-16-8-6-7-15(11-16)13(2)23/h4-11,14H,1-3H3,(H,22,24)/t14-/m1/s1. The van der Waals surface area contributed by atoms with Gasteiger partial charge in [0.25, 0.3) is 5.91 Å². The molecule has 1 amide bonds. The van der Waals surface area contributed by atoms with Crippen molar-refractivity contribution in [1.29, 1.82) is 0 Å². The Labute approximate surface area is 156 Å². The first-order valence-corrected chi connectivity index (χ1v) is 8.48. The number of furan rings is 1. The van der Waals surface area contributed by atoms with Crippen LogP contribution in [0.25, 0.3) is 11.0 Å². The summed E-state index contributed by atoms with van der Waals surface area (Å²) in [5.41, 5.74) is 2.18. The Kier molecular flexibility index (Phi) is 5.07. The maximum atomic E-state index is 12.4. The summed E-state index contributed by atoms with van der Waals surface area (Å²) in [5, 5.41) is 3.46. The molecule has 3 aromatic rings. The fourth-order valence-electron chi connectivity index (χ4n) is 2.70. The van der Waals surface area contributed by atoms with Crippen LogP contribution >= 0.6 is 0 Å². The van der Waals surface area contributed by atoms with Crippen LogP contribution < -0.4 is 5.32 Å². The summed E-state index contributed by atoms with van der Waals surface area (Å²) in [6.07, 6.45) is -1.04. The van der Waals surface area contributed by atoms with Crippen molar-refractivity contribution in [1.82, 2.24) is 0 Å². The zero-order valence-electron chi connectivity index (χ0n) is 15.2. The van der Waals surface area contributed by atoms with Crippen molar-refractivity contribution in [3.05, 3.63) is 65.4 Å². The molecule has 1 atom stereocenters. The van der Waals surface area contributed by atoms with Gasteiger partial charge in [-0.05, 0) is 39.0 Å². The van der Waals surface area contributed by atoms with Gasteiger partial charge in [-0.3, -0.25) is 9.59 Å². The van der Waals surface area contributed by atoms with Gasteiger partial charge in [0.05, 0.1) is 0 Å². The molecule has 0 unspecified atom stereocenters. The molecule has 0 fully saturated rings. The van der Waals surface area contributed by atoms with Crippen molar-refractivity contribution in [2.24, 2.45) is 0 Å². The van der Waals surface area contributed by atoms with E-state index in [4.69, 9.17) is 9.15 Å². The van der Waals surface area contributed by atoms with Crippen LogP contribution in [0.5, 0.6) is 0 Å². The monoisotopic (exact) mass is 365 g/mol. The quantitative estimate of drug-likeness (QED) is 0.543. The van der Waals surface area contributed by atoms with E-state index in [2.05, 4.69) is 5.32 Å². The molecule has 0 aliphatic rings. The number of hydrogen-bond acceptors (Lipinski definition) is 5. The minimum absolute atomic E-state index is 0.0782. The molecule has 0 aliphatic heterocycles. The molecule has 6 heteroatoms. The van der Waals surface area contributed by atoms with Crippen molar-refractivity contribution in [2.75, 3.05) is 5.32 Å². The highest BCUT2D eigenvalue weighted by Gasteiger charge is 2.24. The van der Waals surface area contributed by atoms with Crippen molar-refractivity contribution < 1.29 is 23.5 Å². The van der Waals surface area contributed by atoms with Crippen molar-refractivity contribution in [3.8, 4) is 0 Å². The molecule has 6 nitrogen and oxygen atoms in total. The first-order valence-electron chi connectivity index (χ1n) is 8.48. The van der Waals surface area contributed by atoms with Gasteiger partial charge in [-0.2, -0.15) is 0 Å². The number of ketones is 1. The number of carbonyl (C=O) groups is 3. The second kappa shape index (κ2) is 7.45. The molecule has 27 heavy (non-hydrogen) atoms.